The van der Waals surface area contributed by atoms with Gasteiger partial charge in [-0.15, -0.1) is 0 Å². The van der Waals surface area contributed by atoms with E-state index in [1.165, 1.54) is 4.90 Å². The monoisotopic (exact) mass is 269 g/mol. The van der Waals surface area contributed by atoms with Crippen LogP contribution in [0, 0.1) is 11.6 Å². The zero-order chi connectivity index (χ0) is 14.8. The minimum atomic E-state index is -0.664. The Labute approximate surface area is 113 Å². The van der Waals surface area contributed by atoms with Crippen molar-refractivity contribution in [3.05, 3.63) is 34.9 Å². The number of nitrogens with zero attached hydrogens (tertiary/aromatic N) is 1. The van der Waals surface area contributed by atoms with Crippen LogP contribution in [0.2, 0.25) is 0 Å². The normalized spacial score (nSPS) is 11.5. The molecule has 0 saturated heterocycles. The minimum absolute atomic E-state index is 0.142. The third-order valence-corrected chi connectivity index (χ3v) is 3.12. The molecule has 0 aliphatic heterocycles. The summed E-state index contributed by atoms with van der Waals surface area (Å²) in [6.45, 7) is 9.87. The van der Waals surface area contributed by atoms with E-state index >= 15 is 0 Å². The van der Waals surface area contributed by atoms with Crippen molar-refractivity contribution < 1.29 is 13.6 Å². The molecule has 19 heavy (non-hydrogen) atoms. The molecule has 1 rings (SSSR count). The van der Waals surface area contributed by atoms with Crippen molar-refractivity contribution in [3.63, 3.8) is 0 Å². The van der Waals surface area contributed by atoms with Crippen molar-refractivity contribution in [3.8, 4) is 0 Å². The second kappa shape index (κ2) is 5.68. The van der Waals surface area contributed by atoms with E-state index in [0.717, 1.165) is 12.1 Å². The molecule has 0 radical (unpaired) electrons. The molecule has 4 heteroatoms. The second-order valence-electron chi connectivity index (χ2n) is 5.51. The molecule has 0 spiro atoms. The molecule has 0 saturated carbocycles. The van der Waals surface area contributed by atoms with Gasteiger partial charge in [0.05, 0.1) is 5.56 Å². The third-order valence-electron chi connectivity index (χ3n) is 3.12. The molecule has 0 bridgehead atoms. The number of amides is 1. The first-order chi connectivity index (χ1) is 8.73. The standard InChI is InChI=1S/C15H21F2NO/c1-6-18(7-2)14(19)12-10(16)8-9-11(17)13(12)15(3,4)5/h8-9H,6-7H2,1-5H3. The zero-order valence-corrected chi connectivity index (χ0v) is 12.2. The van der Waals surface area contributed by atoms with Gasteiger partial charge in [0.2, 0.25) is 0 Å². The number of halogens is 2. The number of carbonyl (C=O) groups is 1. The molecule has 0 aliphatic carbocycles. The highest BCUT2D eigenvalue weighted by Gasteiger charge is 2.30. The number of hydrogen-bond donors (Lipinski definition) is 0. The van der Waals surface area contributed by atoms with E-state index in [-0.39, 0.29) is 11.1 Å². The van der Waals surface area contributed by atoms with Gasteiger partial charge in [-0.3, -0.25) is 4.79 Å². The Morgan fingerprint density at radius 1 is 1.11 bits per heavy atom. The average molecular weight is 269 g/mol. The summed E-state index contributed by atoms with van der Waals surface area (Å²) in [6.07, 6.45) is 0. The van der Waals surface area contributed by atoms with Crippen molar-refractivity contribution in [2.24, 2.45) is 0 Å². The van der Waals surface area contributed by atoms with Crippen molar-refractivity contribution in [1.29, 1.82) is 0 Å². The van der Waals surface area contributed by atoms with Crippen LogP contribution in [0.15, 0.2) is 12.1 Å². The van der Waals surface area contributed by atoms with E-state index in [4.69, 9.17) is 0 Å². The largest absolute Gasteiger partial charge is 0.339 e. The molecule has 0 fully saturated rings. The van der Waals surface area contributed by atoms with Gasteiger partial charge in [-0.05, 0) is 31.4 Å². The average Bonchev–Trinajstić information content (AvgIpc) is 2.31. The highest BCUT2D eigenvalue weighted by molar-refractivity contribution is 5.96. The maximum Gasteiger partial charge on any atom is 0.257 e. The Kier molecular flexibility index (Phi) is 4.66. The maximum absolute atomic E-state index is 14.0. The third kappa shape index (κ3) is 3.11. The van der Waals surface area contributed by atoms with E-state index in [1.807, 2.05) is 13.8 Å². The van der Waals surface area contributed by atoms with E-state index < -0.39 is 23.0 Å². The van der Waals surface area contributed by atoms with E-state index in [9.17, 15) is 13.6 Å². The number of hydrogen-bond acceptors (Lipinski definition) is 1. The van der Waals surface area contributed by atoms with Crippen LogP contribution in [-0.2, 0) is 5.41 Å². The predicted octanol–water partition coefficient (Wildman–Crippen LogP) is 3.74. The summed E-state index contributed by atoms with van der Waals surface area (Å²) in [5, 5.41) is 0. The lowest BCUT2D eigenvalue weighted by Gasteiger charge is -2.26. The fourth-order valence-corrected chi connectivity index (χ4v) is 2.16. The molecule has 1 amide bonds. The minimum Gasteiger partial charge on any atom is -0.339 e. The smallest absolute Gasteiger partial charge is 0.257 e. The predicted molar refractivity (Wildman–Crippen MR) is 72.3 cm³/mol. The summed E-state index contributed by atoms with van der Waals surface area (Å²) in [5.74, 6) is -1.65. The lowest BCUT2D eigenvalue weighted by Crippen LogP contribution is -2.34. The summed E-state index contributed by atoms with van der Waals surface area (Å²) < 4.78 is 28.1. The molecular formula is C15H21F2NO. The Balaban J connectivity index is 3.50. The first kappa shape index (κ1) is 15.6. The lowest BCUT2D eigenvalue weighted by molar-refractivity contribution is 0.0764. The summed E-state index contributed by atoms with van der Waals surface area (Å²) in [4.78, 5) is 13.9. The Morgan fingerprint density at radius 2 is 1.58 bits per heavy atom. The number of rotatable bonds is 3. The highest BCUT2D eigenvalue weighted by Crippen LogP contribution is 2.31. The quantitative estimate of drug-likeness (QED) is 0.818. The topological polar surface area (TPSA) is 20.3 Å². The molecule has 0 aliphatic rings. The van der Waals surface area contributed by atoms with E-state index in [2.05, 4.69) is 0 Å². The molecule has 0 aromatic heterocycles. The fourth-order valence-electron chi connectivity index (χ4n) is 2.16. The Hall–Kier alpha value is -1.45. The molecule has 0 atom stereocenters. The highest BCUT2D eigenvalue weighted by atomic mass is 19.1. The molecule has 106 valence electrons. The van der Waals surface area contributed by atoms with Crippen molar-refractivity contribution in [2.45, 2.75) is 40.0 Å². The van der Waals surface area contributed by atoms with Crippen molar-refractivity contribution >= 4 is 5.91 Å². The van der Waals surface area contributed by atoms with E-state index in [0.29, 0.717) is 13.1 Å². The second-order valence-corrected chi connectivity index (χ2v) is 5.51. The summed E-state index contributed by atoms with van der Waals surface area (Å²) in [5.41, 5.74) is -0.634. The molecule has 0 unspecified atom stereocenters. The van der Waals surface area contributed by atoms with Crippen molar-refractivity contribution in [1.82, 2.24) is 4.90 Å². The molecule has 1 aromatic rings. The van der Waals surface area contributed by atoms with Gasteiger partial charge in [-0.1, -0.05) is 20.8 Å². The SMILES string of the molecule is CCN(CC)C(=O)c1c(F)ccc(F)c1C(C)(C)C. The molecule has 0 N–H and O–H groups in total. The van der Waals surface area contributed by atoms with Crippen LogP contribution >= 0.6 is 0 Å². The summed E-state index contributed by atoms with van der Waals surface area (Å²) in [7, 11) is 0. The first-order valence-corrected chi connectivity index (χ1v) is 6.51. The van der Waals surface area contributed by atoms with Crippen molar-refractivity contribution in [2.75, 3.05) is 13.1 Å². The molecule has 1 aromatic carbocycles. The van der Waals surface area contributed by atoms with Crippen LogP contribution in [0.25, 0.3) is 0 Å². The lowest BCUT2D eigenvalue weighted by atomic mass is 9.82. The van der Waals surface area contributed by atoms with Gasteiger partial charge in [0.1, 0.15) is 11.6 Å². The zero-order valence-electron chi connectivity index (χ0n) is 12.2. The number of benzene rings is 1. The van der Waals surface area contributed by atoms with Crippen LogP contribution in [0.3, 0.4) is 0 Å². The van der Waals surface area contributed by atoms with Gasteiger partial charge in [-0.25, -0.2) is 8.78 Å². The van der Waals surface area contributed by atoms with Gasteiger partial charge < -0.3 is 4.90 Å². The summed E-state index contributed by atoms with van der Waals surface area (Å²) in [6, 6.07) is 2.09. The van der Waals surface area contributed by atoms with Gasteiger partial charge in [0.15, 0.2) is 0 Å². The van der Waals surface area contributed by atoms with Gasteiger partial charge >= 0.3 is 0 Å². The fraction of sp³-hybridized carbons (Fsp3) is 0.533. The Morgan fingerprint density at radius 3 is 2.00 bits per heavy atom. The molecule has 2 nitrogen and oxygen atoms in total. The van der Waals surface area contributed by atoms with Gasteiger partial charge in [0.25, 0.3) is 5.91 Å². The van der Waals surface area contributed by atoms with Gasteiger partial charge in [-0.2, -0.15) is 0 Å². The van der Waals surface area contributed by atoms with E-state index in [1.54, 1.807) is 20.8 Å². The number of carbonyl (C=O) groups excluding carboxylic acids is 1. The van der Waals surface area contributed by atoms with Crippen LogP contribution in [0.5, 0.6) is 0 Å². The van der Waals surface area contributed by atoms with Crippen LogP contribution < -0.4 is 0 Å². The summed E-state index contributed by atoms with van der Waals surface area (Å²) >= 11 is 0. The molecular weight excluding hydrogens is 248 g/mol. The Bertz CT molecular complexity index is 474. The van der Waals surface area contributed by atoms with Gasteiger partial charge in [0, 0.05) is 18.7 Å². The van der Waals surface area contributed by atoms with Crippen LogP contribution in [0.4, 0.5) is 8.78 Å². The van der Waals surface area contributed by atoms with Crippen LogP contribution in [0.1, 0.15) is 50.5 Å². The molecule has 0 heterocycles. The first-order valence-electron chi connectivity index (χ1n) is 6.51. The maximum atomic E-state index is 14.0. The van der Waals surface area contributed by atoms with Crippen LogP contribution in [-0.4, -0.2) is 23.9 Å².